The van der Waals surface area contributed by atoms with Gasteiger partial charge >= 0.3 is 0 Å². The molecule has 1 unspecified atom stereocenters. The molecule has 1 saturated heterocycles. The Bertz CT molecular complexity index is 931. The molecule has 0 amide bonds. The number of likely N-dealkylation sites (tertiary alicyclic amines) is 1. The first-order valence-corrected chi connectivity index (χ1v) is 8.69. The lowest BCUT2D eigenvalue weighted by Gasteiger charge is -2.29. The molecule has 0 aliphatic carbocycles. The van der Waals surface area contributed by atoms with Crippen LogP contribution in [0.25, 0.3) is 22.1 Å². The van der Waals surface area contributed by atoms with E-state index in [0.29, 0.717) is 22.6 Å². The van der Waals surface area contributed by atoms with Gasteiger partial charge in [0, 0.05) is 22.8 Å². The van der Waals surface area contributed by atoms with Crippen LogP contribution in [0.2, 0.25) is 0 Å². The van der Waals surface area contributed by atoms with E-state index < -0.39 is 0 Å². The van der Waals surface area contributed by atoms with E-state index in [1.54, 1.807) is 0 Å². The maximum atomic E-state index is 12.3. The molecule has 0 bridgehead atoms. The predicted octanol–water partition coefficient (Wildman–Crippen LogP) is 3.32. The fourth-order valence-electron chi connectivity index (χ4n) is 3.48. The molecule has 1 aromatic carbocycles. The number of aromatic amines is 1. The van der Waals surface area contributed by atoms with E-state index in [4.69, 9.17) is 9.40 Å². The molecule has 0 saturated carbocycles. The van der Waals surface area contributed by atoms with Crippen molar-refractivity contribution in [2.24, 2.45) is 5.92 Å². The van der Waals surface area contributed by atoms with E-state index in [-0.39, 0.29) is 5.56 Å². The first kappa shape index (κ1) is 14.9. The van der Waals surface area contributed by atoms with Crippen LogP contribution in [0.5, 0.6) is 0 Å². The topological polar surface area (TPSA) is 62.1 Å². The zero-order chi connectivity index (χ0) is 16.0. The average molecular weight is 376 g/mol. The van der Waals surface area contributed by atoms with Gasteiger partial charge in [0.2, 0.25) is 5.58 Å². The second-order valence-corrected chi connectivity index (χ2v) is 7.32. The largest absolute Gasteiger partial charge is 0.449 e. The van der Waals surface area contributed by atoms with Crippen molar-refractivity contribution in [1.82, 2.24) is 14.9 Å². The first-order valence-electron chi connectivity index (χ1n) is 7.89. The van der Waals surface area contributed by atoms with Gasteiger partial charge in [-0.2, -0.15) is 0 Å². The lowest BCUT2D eigenvalue weighted by Crippen LogP contribution is -2.33. The molecule has 1 N–H and O–H groups in total. The van der Waals surface area contributed by atoms with Crippen LogP contribution in [0, 0.1) is 5.92 Å². The molecule has 120 valence electrons. The predicted molar refractivity (Wildman–Crippen MR) is 93.8 cm³/mol. The standard InChI is InChI=1S/C17H18BrN3O2/c1-21-6-2-3-10(9-21)7-14-19-15-12-8-11(18)4-5-13(12)23-16(15)17(22)20-14/h4-5,8,10H,2-3,6-7,9H2,1H3,(H,19,20,22). The van der Waals surface area contributed by atoms with E-state index >= 15 is 0 Å². The minimum atomic E-state index is -0.193. The number of hydrogen-bond donors (Lipinski definition) is 1. The molecule has 5 nitrogen and oxygen atoms in total. The second-order valence-electron chi connectivity index (χ2n) is 6.41. The van der Waals surface area contributed by atoms with E-state index in [2.05, 4.69) is 32.9 Å². The van der Waals surface area contributed by atoms with Crippen LogP contribution in [0.3, 0.4) is 0 Å². The molecule has 2 aromatic heterocycles. The molecule has 1 atom stereocenters. The second kappa shape index (κ2) is 5.76. The lowest BCUT2D eigenvalue weighted by atomic mass is 9.95. The number of nitrogens with one attached hydrogen (secondary N) is 1. The number of halogens is 1. The van der Waals surface area contributed by atoms with Gasteiger partial charge in [0.25, 0.3) is 5.56 Å². The van der Waals surface area contributed by atoms with Crippen LogP contribution in [0.15, 0.2) is 31.9 Å². The molecule has 1 aliphatic rings. The molecular weight excluding hydrogens is 358 g/mol. The molecule has 23 heavy (non-hydrogen) atoms. The Labute approximate surface area is 141 Å². The molecule has 0 radical (unpaired) electrons. The van der Waals surface area contributed by atoms with Gasteiger partial charge in [-0.15, -0.1) is 0 Å². The Hall–Kier alpha value is -1.66. The van der Waals surface area contributed by atoms with Crippen molar-refractivity contribution in [3.05, 3.63) is 38.9 Å². The summed E-state index contributed by atoms with van der Waals surface area (Å²) in [5, 5.41) is 0.877. The smallest absolute Gasteiger partial charge is 0.294 e. The Kier molecular flexibility index (Phi) is 3.73. The highest BCUT2D eigenvalue weighted by Crippen LogP contribution is 2.28. The molecule has 1 fully saturated rings. The van der Waals surface area contributed by atoms with Gasteiger partial charge in [-0.1, -0.05) is 15.9 Å². The molecule has 3 aromatic rings. The zero-order valence-electron chi connectivity index (χ0n) is 12.9. The summed E-state index contributed by atoms with van der Waals surface area (Å²) in [5.74, 6) is 1.30. The van der Waals surface area contributed by atoms with Gasteiger partial charge in [0.15, 0.2) is 0 Å². The summed E-state index contributed by atoms with van der Waals surface area (Å²) in [4.78, 5) is 22.3. The van der Waals surface area contributed by atoms with Crippen molar-refractivity contribution in [2.75, 3.05) is 20.1 Å². The van der Waals surface area contributed by atoms with Crippen molar-refractivity contribution in [3.63, 3.8) is 0 Å². The van der Waals surface area contributed by atoms with Gasteiger partial charge in [-0.25, -0.2) is 4.98 Å². The van der Waals surface area contributed by atoms with Crippen LogP contribution in [0.4, 0.5) is 0 Å². The summed E-state index contributed by atoms with van der Waals surface area (Å²) < 4.78 is 6.61. The van der Waals surface area contributed by atoms with Crippen molar-refractivity contribution < 1.29 is 4.42 Å². The summed E-state index contributed by atoms with van der Waals surface area (Å²) in [7, 11) is 2.15. The van der Waals surface area contributed by atoms with Crippen LogP contribution in [0.1, 0.15) is 18.7 Å². The van der Waals surface area contributed by atoms with Gasteiger partial charge in [0.1, 0.15) is 16.9 Å². The van der Waals surface area contributed by atoms with Crippen LogP contribution in [-0.4, -0.2) is 35.0 Å². The minimum absolute atomic E-state index is 0.193. The average Bonchev–Trinajstić information content (AvgIpc) is 2.86. The van der Waals surface area contributed by atoms with E-state index in [9.17, 15) is 4.79 Å². The number of hydrogen-bond acceptors (Lipinski definition) is 4. The summed E-state index contributed by atoms with van der Waals surface area (Å²) in [6, 6.07) is 5.71. The fourth-order valence-corrected chi connectivity index (χ4v) is 3.84. The van der Waals surface area contributed by atoms with Crippen LogP contribution >= 0.6 is 15.9 Å². The van der Waals surface area contributed by atoms with E-state index in [1.807, 2.05) is 18.2 Å². The summed E-state index contributed by atoms with van der Waals surface area (Å²) in [6.07, 6.45) is 3.19. The van der Waals surface area contributed by atoms with Crippen molar-refractivity contribution in [2.45, 2.75) is 19.3 Å². The van der Waals surface area contributed by atoms with Crippen LogP contribution < -0.4 is 5.56 Å². The Morgan fingerprint density at radius 2 is 2.35 bits per heavy atom. The highest BCUT2D eigenvalue weighted by Gasteiger charge is 2.20. The van der Waals surface area contributed by atoms with E-state index in [0.717, 1.165) is 35.2 Å². The molecule has 4 rings (SSSR count). The lowest BCUT2D eigenvalue weighted by molar-refractivity contribution is 0.207. The first-order chi connectivity index (χ1) is 11.1. The van der Waals surface area contributed by atoms with Crippen molar-refractivity contribution in [1.29, 1.82) is 0 Å². The number of furan rings is 1. The van der Waals surface area contributed by atoms with Crippen molar-refractivity contribution in [3.8, 4) is 0 Å². The number of nitrogens with zero attached hydrogens (tertiary/aromatic N) is 2. The molecule has 1 aliphatic heterocycles. The monoisotopic (exact) mass is 375 g/mol. The molecule has 0 spiro atoms. The van der Waals surface area contributed by atoms with Crippen LogP contribution in [-0.2, 0) is 6.42 Å². The van der Waals surface area contributed by atoms with Gasteiger partial charge < -0.3 is 14.3 Å². The fraction of sp³-hybridized carbons (Fsp3) is 0.412. The summed E-state index contributed by atoms with van der Waals surface area (Å²) >= 11 is 3.47. The highest BCUT2D eigenvalue weighted by molar-refractivity contribution is 9.10. The van der Waals surface area contributed by atoms with E-state index in [1.165, 1.54) is 12.8 Å². The summed E-state index contributed by atoms with van der Waals surface area (Å²) in [5.41, 5.74) is 1.46. The normalized spacial score (nSPS) is 19.7. The maximum Gasteiger partial charge on any atom is 0.294 e. The number of benzene rings is 1. The SMILES string of the molecule is CN1CCCC(Cc2nc3c(oc4ccc(Br)cc43)c(=O)[nH]2)C1. The van der Waals surface area contributed by atoms with Gasteiger partial charge in [-0.3, -0.25) is 4.79 Å². The number of fused-ring (bicyclic) bond motifs is 3. The molecule has 3 heterocycles. The highest BCUT2D eigenvalue weighted by atomic mass is 79.9. The summed E-state index contributed by atoms with van der Waals surface area (Å²) in [6.45, 7) is 2.21. The number of rotatable bonds is 2. The number of H-pyrrole nitrogens is 1. The number of aromatic nitrogens is 2. The third-order valence-electron chi connectivity index (χ3n) is 4.54. The Morgan fingerprint density at radius 1 is 1.48 bits per heavy atom. The third kappa shape index (κ3) is 2.81. The number of piperidine rings is 1. The van der Waals surface area contributed by atoms with Gasteiger partial charge in [0.05, 0.1) is 0 Å². The quantitative estimate of drug-likeness (QED) is 0.746. The van der Waals surface area contributed by atoms with Gasteiger partial charge in [-0.05, 0) is 50.6 Å². The molecular formula is C17H18BrN3O2. The molecule has 6 heteroatoms. The maximum absolute atomic E-state index is 12.3. The van der Waals surface area contributed by atoms with Crippen molar-refractivity contribution >= 4 is 38.0 Å². The third-order valence-corrected chi connectivity index (χ3v) is 5.03. The zero-order valence-corrected chi connectivity index (χ0v) is 14.5. The Morgan fingerprint density at radius 3 is 3.17 bits per heavy atom. The Balaban J connectivity index is 1.77. The minimum Gasteiger partial charge on any atom is -0.449 e.